The Hall–Kier alpha value is -2.36. The minimum absolute atomic E-state index is 0.00713. The number of carbonyl (C=O) groups excluding carboxylic acids is 1. The fraction of sp³-hybridized carbons (Fsp3) is 0.250. The van der Waals surface area contributed by atoms with Crippen LogP contribution < -0.4 is 9.64 Å². The van der Waals surface area contributed by atoms with Crippen LogP contribution in [0.2, 0.25) is 0 Å². The normalized spacial score (nSPS) is 13.8. The van der Waals surface area contributed by atoms with Gasteiger partial charge in [-0.25, -0.2) is 0 Å². The maximum atomic E-state index is 12.6. The highest BCUT2D eigenvalue weighted by Crippen LogP contribution is 2.31. The summed E-state index contributed by atoms with van der Waals surface area (Å²) in [6.07, 6.45) is 5.25. The number of hydrogen-bond donors (Lipinski definition) is 0. The van der Waals surface area contributed by atoms with Crippen LogP contribution in [0.3, 0.4) is 0 Å². The van der Waals surface area contributed by atoms with Gasteiger partial charge >= 0.3 is 0 Å². The first-order chi connectivity index (χ1) is 9.79. The first-order valence-electron chi connectivity index (χ1n) is 6.68. The number of ether oxygens (including phenoxy) is 1. The van der Waals surface area contributed by atoms with E-state index in [1.165, 1.54) is 5.56 Å². The van der Waals surface area contributed by atoms with Crippen molar-refractivity contribution in [3.05, 3.63) is 53.9 Å². The number of amides is 1. The van der Waals surface area contributed by atoms with E-state index >= 15 is 0 Å². The first-order valence-corrected chi connectivity index (χ1v) is 6.68. The van der Waals surface area contributed by atoms with Crippen LogP contribution in [-0.4, -0.2) is 24.5 Å². The van der Waals surface area contributed by atoms with Crippen LogP contribution in [0.1, 0.15) is 22.3 Å². The Morgan fingerprint density at radius 1 is 1.35 bits per heavy atom. The fourth-order valence-corrected chi connectivity index (χ4v) is 2.54. The van der Waals surface area contributed by atoms with Crippen molar-refractivity contribution in [1.82, 2.24) is 4.98 Å². The van der Waals surface area contributed by atoms with E-state index in [1.54, 1.807) is 31.6 Å². The Balaban J connectivity index is 1.99. The molecule has 1 aliphatic rings. The molecule has 1 aliphatic heterocycles. The molecule has 20 heavy (non-hydrogen) atoms. The lowest BCUT2D eigenvalue weighted by atomic mass is 10.0. The van der Waals surface area contributed by atoms with Gasteiger partial charge in [0.25, 0.3) is 5.91 Å². The molecular formula is C16H16N2O2. The molecule has 0 spiro atoms. The standard InChI is InChI=1S/C16H16N2O2/c1-20-14-7-6-12-5-3-9-18(15(12)10-14)16(19)13-4-2-8-17-11-13/h2,4,6-8,10-11H,3,5,9H2,1H3. The number of aromatic nitrogens is 1. The zero-order valence-electron chi connectivity index (χ0n) is 11.4. The second-order valence-corrected chi connectivity index (χ2v) is 4.80. The number of fused-ring (bicyclic) bond motifs is 1. The van der Waals surface area contributed by atoms with E-state index in [0.717, 1.165) is 30.8 Å². The highest BCUT2D eigenvalue weighted by Gasteiger charge is 2.24. The lowest BCUT2D eigenvalue weighted by molar-refractivity contribution is 0.0984. The molecule has 0 N–H and O–H groups in total. The van der Waals surface area contributed by atoms with E-state index in [1.807, 2.05) is 23.1 Å². The van der Waals surface area contributed by atoms with Crippen LogP contribution in [0.15, 0.2) is 42.7 Å². The van der Waals surface area contributed by atoms with Crippen molar-refractivity contribution in [3.8, 4) is 5.75 Å². The van der Waals surface area contributed by atoms with Gasteiger partial charge in [0.15, 0.2) is 0 Å². The topological polar surface area (TPSA) is 42.4 Å². The molecule has 102 valence electrons. The fourth-order valence-electron chi connectivity index (χ4n) is 2.54. The van der Waals surface area contributed by atoms with Gasteiger partial charge in [0.1, 0.15) is 5.75 Å². The average molecular weight is 268 g/mol. The Morgan fingerprint density at radius 2 is 2.25 bits per heavy atom. The molecule has 1 amide bonds. The third-order valence-electron chi connectivity index (χ3n) is 3.56. The van der Waals surface area contributed by atoms with Crippen molar-refractivity contribution in [3.63, 3.8) is 0 Å². The smallest absolute Gasteiger partial charge is 0.259 e. The molecule has 0 saturated heterocycles. The number of methoxy groups -OCH3 is 1. The van der Waals surface area contributed by atoms with Crippen molar-refractivity contribution in [1.29, 1.82) is 0 Å². The molecule has 4 heteroatoms. The van der Waals surface area contributed by atoms with Gasteiger partial charge in [-0.05, 0) is 36.6 Å². The number of benzene rings is 1. The Labute approximate surface area is 118 Å². The number of aryl methyl sites for hydroxylation is 1. The third kappa shape index (κ3) is 2.25. The quantitative estimate of drug-likeness (QED) is 0.841. The van der Waals surface area contributed by atoms with Gasteiger partial charge in [0, 0.05) is 25.0 Å². The molecule has 0 radical (unpaired) electrons. The van der Waals surface area contributed by atoms with Crippen LogP contribution in [0, 0.1) is 0 Å². The second kappa shape index (κ2) is 5.33. The van der Waals surface area contributed by atoms with Gasteiger partial charge < -0.3 is 9.64 Å². The summed E-state index contributed by atoms with van der Waals surface area (Å²) in [7, 11) is 1.64. The lowest BCUT2D eigenvalue weighted by Gasteiger charge is -2.29. The predicted octanol–water partition coefficient (Wildman–Crippen LogP) is 2.68. The van der Waals surface area contributed by atoms with Gasteiger partial charge in [-0.3, -0.25) is 9.78 Å². The summed E-state index contributed by atoms with van der Waals surface area (Å²) in [4.78, 5) is 18.4. The molecule has 1 aromatic carbocycles. The molecule has 0 saturated carbocycles. The molecule has 0 bridgehead atoms. The molecule has 3 rings (SSSR count). The molecule has 2 aromatic rings. The molecule has 2 heterocycles. The van der Waals surface area contributed by atoms with Crippen LogP contribution in [0.5, 0.6) is 5.75 Å². The van der Waals surface area contributed by atoms with E-state index in [-0.39, 0.29) is 5.91 Å². The van der Waals surface area contributed by atoms with E-state index in [0.29, 0.717) is 5.56 Å². The van der Waals surface area contributed by atoms with Crippen LogP contribution >= 0.6 is 0 Å². The number of hydrogen-bond acceptors (Lipinski definition) is 3. The minimum Gasteiger partial charge on any atom is -0.497 e. The number of carbonyl (C=O) groups is 1. The number of pyridine rings is 1. The third-order valence-corrected chi connectivity index (χ3v) is 3.56. The molecule has 1 aromatic heterocycles. The average Bonchev–Trinajstić information content (AvgIpc) is 2.54. The maximum Gasteiger partial charge on any atom is 0.259 e. The number of nitrogens with zero attached hydrogens (tertiary/aromatic N) is 2. The van der Waals surface area contributed by atoms with Crippen molar-refractivity contribution >= 4 is 11.6 Å². The zero-order valence-corrected chi connectivity index (χ0v) is 11.4. The Morgan fingerprint density at radius 3 is 3.00 bits per heavy atom. The van der Waals surface area contributed by atoms with Gasteiger partial charge in [-0.2, -0.15) is 0 Å². The molecule has 0 unspecified atom stereocenters. The van der Waals surface area contributed by atoms with Gasteiger partial charge in [0.2, 0.25) is 0 Å². The van der Waals surface area contributed by atoms with Crippen LogP contribution in [0.25, 0.3) is 0 Å². The predicted molar refractivity (Wildman–Crippen MR) is 77.2 cm³/mol. The van der Waals surface area contributed by atoms with Crippen molar-refractivity contribution in [2.75, 3.05) is 18.6 Å². The van der Waals surface area contributed by atoms with Crippen molar-refractivity contribution in [2.24, 2.45) is 0 Å². The maximum absolute atomic E-state index is 12.6. The summed E-state index contributed by atoms with van der Waals surface area (Å²) >= 11 is 0. The highest BCUT2D eigenvalue weighted by molar-refractivity contribution is 6.06. The van der Waals surface area contributed by atoms with Crippen molar-refractivity contribution < 1.29 is 9.53 Å². The van der Waals surface area contributed by atoms with E-state index < -0.39 is 0 Å². The summed E-state index contributed by atoms with van der Waals surface area (Å²) < 4.78 is 5.26. The molecule has 0 fully saturated rings. The summed E-state index contributed by atoms with van der Waals surface area (Å²) in [6.45, 7) is 0.730. The van der Waals surface area contributed by atoms with Crippen molar-refractivity contribution in [2.45, 2.75) is 12.8 Å². The summed E-state index contributed by atoms with van der Waals surface area (Å²) in [6, 6.07) is 9.49. The van der Waals surface area contributed by atoms with E-state index in [4.69, 9.17) is 4.74 Å². The van der Waals surface area contributed by atoms with E-state index in [9.17, 15) is 4.79 Å². The van der Waals surface area contributed by atoms with Crippen LogP contribution in [0.4, 0.5) is 5.69 Å². The molecular weight excluding hydrogens is 252 g/mol. The Bertz CT molecular complexity index is 626. The largest absolute Gasteiger partial charge is 0.497 e. The SMILES string of the molecule is COc1ccc2c(c1)N(C(=O)c1cccnc1)CCC2. The van der Waals surface area contributed by atoms with Gasteiger partial charge in [-0.1, -0.05) is 6.07 Å². The lowest BCUT2D eigenvalue weighted by Crippen LogP contribution is -2.35. The minimum atomic E-state index is -0.00713. The zero-order chi connectivity index (χ0) is 13.9. The summed E-state index contributed by atoms with van der Waals surface area (Å²) in [5.41, 5.74) is 2.75. The van der Waals surface area contributed by atoms with E-state index in [2.05, 4.69) is 4.98 Å². The molecule has 0 atom stereocenters. The van der Waals surface area contributed by atoms with Gasteiger partial charge in [0.05, 0.1) is 18.4 Å². The summed E-state index contributed by atoms with van der Waals surface area (Å²) in [5.74, 6) is 0.766. The molecule has 0 aliphatic carbocycles. The second-order valence-electron chi connectivity index (χ2n) is 4.80. The summed E-state index contributed by atoms with van der Waals surface area (Å²) in [5, 5.41) is 0. The number of anilines is 1. The number of rotatable bonds is 2. The van der Waals surface area contributed by atoms with Crippen LogP contribution in [-0.2, 0) is 6.42 Å². The molecule has 4 nitrogen and oxygen atoms in total. The monoisotopic (exact) mass is 268 g/mol. The first kappa shape index (κ1) is 12.7. The highest BCUT2D eigenvalue weighted by atomic mass is 16.5. The Kier molecular flexibility index (Phi) is 3.37. The van der Waals surface area contributed by atoms with Gasteiger partial charge in [-0.15, -0.1) is 0 Å².